The second-order valence-corrected chi connectivity index (χ2v) is 9.77. The number of benzene rings is 3. The number of hydrogen-bond acceptors (Lipinski definition) is 4. The van der Waals surface area contributed by atoms with Gasteiger partial charge in [0.2, 0.25) is 0 Å². The summed E-state index contributed by atoms with van der Waals surface area (Å²) in [5, 5.41) is 0. The molecular weight excluding hydrogens is 432 g/mol. The maximum atomic E-state index is 13.5. The van der Waals surface area contributed by atoms with Gasteiger partial charge in [-0.15, -0.1) is 0 Å². The molecule has 4 nitrogen and oxygen atoms in total. The molecule has 35 heavy (non-hydrogen) atoms. The third-order valence-electron chi connectivity index (χ3n) is 5.96. The molecule has 0 aromatic heterocycles. The van der Waals surface area contributed by atoms with Gasteiger partial charge in [-0.1, -0.05) is 54.1 Å². The van der Waals surface area contributed by atoms with Crippen molar-refractivity contribution in [2.75, 3.05) is 41.3 Å². The molecule has 0 aliphatic carbocycles. The molecule has 0 saturated heterocycles. The van der Waals surface area contributed by atoms with E-state index in [1.807, 2.05) is 64.6 Å². The molecular formula is C31H38N2O2. The Hall–Kier alpha value is -3.21. The SMILES string of the molecule is Cc1cc(C)c(-c2ccc(OCCN(C)C)c(C(=O)/C=C/c3ccccc3CN(C)C)c2)c(C)c1. The Morgan fingerprint density at radius 2 is 1.57 bits per heavy atom. The molecule has 0 unspecified atom stereocenters. The Bertz CT molecular complexity index is 1190. The third-order valence-corrected chi connectivity index (χ3v) is 5.96. The first kappa shape index (κ1) is 26.4. The van der Waals surface area contributed by atoms with E-state index in [9.17, 15) is 4.79 Å². The predicted octanol–water partition coefficient (Wildman–Crippen LogP) is 6.18. The van der Waals surface area contributed by atoms with Crippen LogP contribution < -0.4 is 4.74 Å². The minimum Gasteiger partial charge on any atom is -0.491 e. The van der Waals surface area contributed by atoms with E-state index in [2.05, 4.69) is 54.8 Å². The zero-order valence-corrected chi connectivity index (χ0v) is 22.2. The van der Waals surface area contributed by atoms with Gasteiger partial charge in [0.15, 0.2) is 5.78 Å². The first-order valence-corrected chi connectivity index (χ1v) is 12.1. The number of hydrogen-bond donors (Lipinski definition) is 0. The van der Waals surface area contributed by atoms with Crippen LogP contribution in [0.15, 0.2) is 60.7 Å². The molecule has 0 aliphatic rings. The van der Waals surface area contributed by atoms with Gasteiger partial charge < -0.3 is 14.5 Å². The molecule has 0 spiro atoms. The molecule has 3 rings (SSSR count). The summed E-state index contributed by atoms with van der Waals surface area (Å²) in [7, 11) is 8.11. The van der Waals surface area contributed by atoms with E-state index in [0.717, 1.165) is 24.2 Å². The van der Waals surface area contributed by atoms with Crippen LogP contribution in [0.3, 0.4) is 0 Å². The first-order chi connectivity index (χ1) is 16.7. The van der Waals surface area contributed by atoms with Gasteiger partial charge in [-0.05, 0) is 101 Å². The highest BCUT2D eigenvalue weighted by Gasteiger charge is 2.15. The number of likely N-dealkylation sites (N-methyl/N-ethyl adjacent to an activating group) is 1. The Balaban J connectivity index is 2.00. The Labute approximate surface area is 210 Å². The van der Waals surface area contributed by atoms with E-state index in [-0.39, 0.29) is 5.78 Å². The summed E-state index contributed by atoms with van der Waals surface area (Å²) < 4.78 is 6.06. The number of allylic oxidation sites excluding steroid dienone is 1. The summed E-state index contributed by atoms with van der Waals surface area (Å²) >= 11 is 0. The smallest absolute Gasteiger partial charge is 0.189 e. The van der Waals surface area contributed by atoms with Gasteiger partial charge in [0.1, 0.15) is 12.4 Å². The highest BCUT2D eigenvalue weighted by Crippen LogP contribution is 2.32. The quantitative estimate of drug-likeness (QED) is 0.262. The summed E-state index contributed by atoms with van der Waals surface area (Å²) in [5.74, 6) is 0.558. The van der Waals surface area contributed by atoms with Crippen LogP contribution in [0.2, 0.25) is 0 Å². The average Bonchev–Trinajstić information content (AvgIpc) is 2.77. The molecule has 3 aromatic rings. The summed E-state index contributed by atoms with van der Waals surface area (Å²) in [4.78, 5) is 17.7. The van der Waals surface area contributed by atoms with Gasteiger partial charge in [0.25, 0.3) is 0 Å². The van der Waals surface area contributed by atoms with Crippen molar-refractivity contribution in [2.24, 2.45) is 0 Å². The maximum Gasteiger partial charge on any atom is 0.189 e. The molecule has 4 heteroatoms. The van der Waals surface area contributed by atoms with Crippen molar-refractivity contribution in [3.63, 3.8) is 0 Å². The number of ether oxygens (including phenoxy) is 1. The number of aryl methyl sites for hydroxylation is 3. The van der Waals surface area contributed by atoms with Crippen molar-refractivity contribution in [1.29, 1.82) is 0 Å². The highest BCUT2D eigenvalue weighted by atomic mass is 16.5. The normalized spacial score (nSPS) is 11.6. The maximum absolute atomic E-state index is 13.5. The standard InChI is InChI=1S/C31H38N2O2/c1-22-18-23(2)31(24(3)19-22)26-13-15-30(35-17-16-32(4)5)28(20-26)29(34)14-12-25-10-8-9-11-27(25)21-33(6)7/h8-15,18-20H,16-17,21H2,1-7H3/b14-12+. The van der Waals surface area contributed by atoms with E-state index in [1.54, 1.807) is 6.08 Å². The van der Waals surface area contributed by atoms with Crippen LogP contribution in [-0.4, -0.2) is 56.9 Å². The molecule has 0 amide bonds. The Morgan fingerprint density at radius 3 is 2.23 bits per heavy atom. The third kappa shape index (κ3) is 7.14. The molecule has 0 aliphatic heterocycles. The first-order valence-electron chi connectivity index (χ1n) is 12.1. The topological polar surface area (TPSA) is 32.8 Å². The van der Waals surface area contributed by atoms with Crippen LogP contribution in [-0.2, 0) is 6.54 Å². The van der Waals surface area contributed by atoms with E-state index < -0.39 is 0 Å². The van der Waals surface area contributed by atoms with E-state index >= 15 is 0 Å². The summed E-state index contributed by atoms with van der Waals surface area (Å²) in [6.45, 7) is 8.47. The molecule has 0 fully saturated rings. The molecule has 0 bridgehead atoms. The predicted molar refractivity (Wildman–Crippen MR) is 147 cm³/mol. The molecule has 0 heterocycles. The van der Waals surface area contributed by atoms with E-state index in [4.69, 9.17) is 4.74 Å². The summed E-state index contributed by atoms with van der Waals surface area (Å²) in [6, 6.07) is 18.5. The lowest BCUT2D eigenvalue weighted by Crippen LogP contribution is -2.20. The van der Waals surface area contributed by atoms with Crippen molar-refractivity contribution >= 4 is 11.9 Å². The van der Waals surface area contributed by atoms with Crippen molar-refractivity contribution in [3.8, 4) is 16.9 Å². The molecule has 0 atom stereocenters. The van der Waals surface area contributed by atoms with Crippen LogP contribution >= 0.6 is 0 Å². The minimum atomic E-state index is -0.0613. The van der Waals surface area contributed by atoms with E-state index in [1.165, 1.54) is 27.8 Å². The van der Waals surface area contributed by atoms with E-state index in [0.29, 0.717) is 17.9 Å². The van der Waals surface area contributed by atoms with Crippen LogP contribution in [0.4, 0.5) is 0 Å². The fourth-order valence-corrected chi connectivity index (χ4v) is 4.41. The van der Waals surface area contributed by atoms with Gasteiger partial charge in [-0.3, -0.25) is 4.79 Å². The number of carbonyl (C=O) groups excluding carboxylic acids is 1. The van der Waals surface area contributed by atoms with Crippen LogP contribution in [0, 0.1) is 20.8 Å². The molecule has 0 N–H and O–H groups in total. The fourth-order valence-electron chi connectivity index (χ4n) is 4.41. The van der Waals surface area contributed by atoms with Gasteiger partial charge >= 0.3 is 0 Å². The molecule has 0 radical (unpaired) electrons. The lowest BCUT2D eigenvalue weighted by molar-refractivity contribution is 0.104. The molecule has 0 saturated carbocycles. The van der Waals surface area contributed by atoms with Crippen molar-refractivity contribution in [3.05, 3.63) is 94.1 Å². The lowest BCUT2D eigenvalue weighted by atomic mass is 9.92. The highest BCUT2D eigenvalue weighted by molar-refractivity contribution is 6.09. The number of carbonyl (C=O) groups is 1. The monoisotopic (exact) mass is 470 g/mol. The van der Waals surface area contributed by atoms with Crippen LogP contribution in [0.1, 0.15) is 38.2 Å². The molecule has 184 valence electrons. The zero-order valence-electron chi connectivity index (χ0n) is 22.2. The second-order valence-electron chi connectivity index (χ2n) is 9.77. The van der Waals surface area contributed by atoms with Gasteiger partial charge in [-0.2, -0.15) is 0 Å². The Kier molecular flexibility index (Phi) is 9.02. The second kappa shape index (κ2) is 12.0. The van der Waals surface area contributed by atoms with Crippen LogP contribution in [0.5, 0.6) is 5.75 Å². The molecule has 3 aromatic carbocycles. The average molecular weight is 471 g/mol. The van der Waals surface area contributed by atoms with Gasteiger partial charge in [0.05, 0.1) is 5.56 Å². The number of nitrogens with zero attached hydrogens (tertiary/aromatic N) is 2. The van der Waals surface area contributed by atoms with Gasteiger partial charge in [-0.25, -0.2) is 0 Å². The largest absolute Gasteiger partial charge is 0.491 e. The van der Waals surface area contributed by atoms with Crippen molar-refractivity contribution < 1.29 is 9.53 Å². The number of ketones is 1. The zero-order chi connectivity index (χ0) is 25.5. The minimum absolute atomic E-state index is 0.0613. The van der Waals surface area contributed by atoms with Crippen molar-refractivity contribution in [2.45, 2.75) is 27.3 Å². The summed E-state index contributed by atoms with van der Waals surface area (Å²) in [6.07, 6.45) is 3.58. The summed E-state index contributed by atoms with van der Waals surface area (Å²) in [5.41, 5.74) is 8.67. The lowest BCUT2D eigenvalue weighted by Gasteiger charge is -2.16. The number of rotatable bonds is 10. The van der Waals surface area contributed by atoms with Crippen molar-refractivity contribution in [1.82, 2.24) is 9.80 Å². The van der Waals surface area contributed by atoms with Gasteiger partial charge in [0, 0.05) is 13.1 Å². The Morgan fingerprint density at radius 1 is 0.886 bits per heavy atom. The fraction of sp³-hybridized carbons (Fsp3) is 0.323. The van der Waals surface area contributed by atoms with Crippen LogP contribution in [0.25, 0.3) is 17.2 Å².